The number of benzene rings is 2. The number of fused-ring (bicyclic) bond motifs is 1. The fourth-order valence-corrected chi connectivity index (χ4v) is 3.26. The lowest BCUT2D eigenvalue weighted by Gasteiger charge is -2.28. The van der Waals surface area contributed by atoms with Crippen LogP contribution in [-0.2, 0) is 4.79 Å². The Kier molecular flexibility index (Phi) is 4.18. The fraction of sp³-hybridized carbons (Fsp3) is 0.105. The topological polar surface area (TPSA) is 71.8 Å². The van der Waals surface area contributed by atoms with Gasteiger partial charge in [-0.1, -0.05) is 54.1 Å². The zero-order valence-corrected chi connectivity index (χ0v) is 14.7. The van der Waals surface area contributed by atoms with Crippen LogP contribution in [0.5, 0.6) is 0 Å². The van der Waals surface area contributed by atoms with E-state index >= 15 is 0 Å². The zero-order valence-electron chi connectivity index (χ0n) is 14.0. The third kappa shape index (κ3) is 2.84. The molecule has 3 aromatic rings. The quantitative estimate of drug-likeness (QED) is 0.739. The molecule has 4 rings (SSSR count). The van der Waals surface area contributed by atoms with Gasteiger partial charge in [0.1, 0.15) is 12.4 Å². The number of amides is 1. The highest BCUT2D eigenvalue weighted by molar-refractivity contribution is 6.33. The number of rotatable bonds is 3. The van der Waals surface area contributed by atoms with Gasteiger partial charge < -0.3 is 10.6 Å². The van der Waals surface area contributed by atoms with Crippen LogP contribution >= 0.6 is 11.6 Å². The molecular weight excluding hydrogens is 350 g/mol. The second-order valence-electron chi connectivity index (χ2n) is 5.94. The van der Waals surface area contributed by atoms with Crippen LogP contribution in [0.1, 0.15) is 18.5 Å². The van der Waals surface area contributed by atoms with Gasteiger partial charge in [0.15, 0.2) is 0 Å². The van der Waals surface area contributed by atoms with Gasteiger partial charge in [0.2, 0.25) is 5.95 Å². The van der Waals surface area contributed by atoms with E-state index in [0.29, 0.717) is 22.2 Å². The SMILES string of the molecule is CC1=C(C(=O)Nc2ccccc2Cl)[C@@H](c2ccccc2)n2ncnc2N1. The van der Waals surface area contributed by atoms with Crippen LogP contribution in [-0.4, -0.2) is 20.7 Å². The number of aromatic nitrogens is 3. The van der Waals surface area contributed by atoms with Crippen LogP contribution in [0, 0.1) is 0 Å². The summed E-state index contributed by atoms with van der Waals surface area (Å²) in [5, 5.41) is 10.8. The van der Waals surface area contributed by atoms with Crippen molar-refractivity contribution in [1.29, 1.82) is 0 Å². The van der Waals surface area contributed by atoms with Crippen LogP contribution in [0.3, 0.4) is 0 Å². The van der Waals surface area contributed by atoms with Crippen molar-refractivity contribution in [2.24, 2.45) is 0 Å². The molecule has 0 saturated heterocycles. The lowest BCUT2D eigenvalue weighted by atomic mass is 9.95. The van der Waals surface area contributed by atoms with E-state index in [1.54, 1.807) is 16.8 Å². The Morgan fingerprint density at radius 1 is 1.15 bits per heavy atom. The number of hydrogen-bond acceptors (Lipinski definition) is 4. The lowest BCUT2D eigenvalue weighted by Crippen LogP contribution is -2.31. The minimum Gasteiger partial charge on any atom is -0.328 e. The number of halogens is 1. The largest absolute Gasteiger partial charge is 0.328 e. The van der Waals surface area contributed by atoms with Gasteiger partial charge in [0, 0.05) is 5.70 Å². The molecule has 6 nitrogen and oxygen atoms in total. The second kappa shape index (κ2) is 6.65. The van der Waals surface area contributed by atoms with E-state index in [4.69, 9.17) is 11.6 Å². The van der Waals surface area contributed by atoms with Crippen molar-refractivity contribution in [1.82, 2.24) is 14.8 Å². The summed E-state index contributed by atoms with van der Waals surface area (Å²) < 4.78 is 1.71. The molecule has 0 fully saturated rings. The highest BCUT2D eigenvalue weighted by Crippen LogP contribution is 2.35. The minimum absolute atomic E-state index is 0.238. The molecule has 7 heteroatoms. The Balaban J connectivity index is 1.77. The summed E-state index contributed by atoms with van der Waals surface area (Å²) in [4.78, 5) is 17.3. The molecule has 0 radical (unpaired) electrons. The number of nitrogens with zero attached hydrogens (tertiary/aromatic N) is 3. The molecular formula is C19H16ClN5O. The third-order valence-corrected chi connectivity index (χ3v) is 4.61. The van der Waals surface area contributed by atoms with Gasteiger partial charge in [0.25, 0.3) is 5.91 Å². The van der Waals surface area contributed by atoms with Gasteiger partial charge in [-0.05, 0) is 24.6 Å². The molecule has 2 heterocycles. The zero-order chi connectivity index (χ0) is 18.1. The normalized spacial score (nSPS) is 16.0. The molecule has 1 aromatic heterocycles. The van der Waals surface area contributed by atoms with Gasteiger partial charge in [-0.2, -0.15) is 10.1 Å². The Labute approximate surface area is 155 Å². The number of hydrogen-bond donors (Lipinski definition) is 2. The van der Waals surface area contributed by atoms with Gasteiger partial charge in [-0.3, -0.25) is 4.79 Å². The first-order chi connectivity index (χ1) is 12.6. The average molecular weight is 366 g/mol. The highest BCUT2D eigenvalue weighted by Gasteiger charge is 2.33. The van der Waals surface area contributed by atoms with E-state index in [0.717, 1.165) is 11.3 Å². The number of allylic oxidation sites excluding steroid dienone is 1. The molecule has 2 N–H and O–H groups in total. The number of carbonyl (C=O) groups excluding carboxylic acids is 1. The Morgan fingerprint density at radius 3 is 2.65 bits per heavy atom. The van der Waals surface area contributed by atoms with Gasteiger partial charge in [-0.25, -0.2) is 4.68 Å². The smallest absolute Gasteiger partial charge is 0.255 e. The Hall–Kier alpha value is -3.12. The maximum atomic E-state index is 13.1. The minimum atomic E-state index is -0.377. The van der Waals surface area contributed by atoms with E-state index < -0.39 is 0 Å². The van der Waals surface area contributed by atoms with Crippen LogP contribution in [0.2, 0.25) is 5.02 Å². The standard InChI is InChI=1S/C19H16ClN5O/c1-12-16(18(26)24-15-10-6-5-9-14(15)20)17(13-7-3-2-4-8-13)25-19(23-12)21-11-22-25/h2-11,17H,1H3,(H,24,26)(H,21,22,23)/t17-/m1/s1. The maximum absolute atomic E-state index is 13.1. The summed E-state index contributed by atoms with van der Waals surface area (Å²) in [5.41, 5.74) is 2.80. The number of nitrogens with one attached hydrogen (secondary N) is 2. The predicted octanol–water partition coefficient (Wildman–Crippen LogP) is 3.86. The Bertz CT molecular complexity index is 996. The van der Waals surface area contributed by atoms with Crippen molar-refractivity contribution in [3.63, 3.8) is 0 Å². The van der Waals surface area contributed by atoms with E-state index in [9.17, 15) is 4.79 Å². The van der Waals surface area contributed by atoms with Crippen LogP contribution in [0.25, 0.3) is 0 Å². The second-order valence-corrected chi connectivity index (χ2v) is 6.35. The van der Waals surface area contributed by atoms with E-state index in [-0.39, 0.29) is 11.9 Å². The molecule has 0 saturated carbocycles. The van der Waals surface area contributed by atoms with Crippen molar-refractivity contribution < 1.29 is 4.79 Å². The Morgan fingerprint density at radius 2 is 1.88 bits per heavy atom. The first-order valence-electron chi connectivity index (χ1n) is 8.13. The van der Waals surface area contributed by atoms with Crippen molar-refractivity contribution in [2.75, 3.05) is 10.6 Å². The highest BCUT2D eigenvalue weighted by atomic mass is 35.5. The van der Waals surface area contributed by atoms with Crippen molar-refractivity contribution in [2.45, 2.75) is 13.0 Å². The van der Waals surface area contributed by atoms with Crippen molar-refractivity contribution >= 4 is 29.1 Å². The van der Waals surface area contributed by atoms with Crippen LogP contribution in [0.4, 0.5) is 11.6 Å². The molecule has 2 aromatic carbocycles. The van der Waals surface area contributed by atoms with Crippen molar-refractivity contribution in [3.05, 3.63) is 82.8 Å². The molecule has 0 bridgehead atoms. The van der Waals surface area contributed by atoms with Crippen molar-refractivity contribution in [3.8, 4) is 0 Å². The molecule has 0 unspecified atom stereocenters. The molecule has 1 atom stereocenters. The monoisotopic (exact) mass is 365 g/mol. The van der Waals surface area contributed by atoms with Crippen LogP contribution in [0.15, 0.2) is 72.2 Å². The average Bonchev–Trinajstić information content (AvgIpc) is 3.11. The van der Waals surface area contributed by atoms with E-state index in [2.05, 4.69) is 20.7 Å². The van der Waals surface area contributed by atoms with E-state index in [1.807, 2.05) is 49.4 Å². The fourth-order valence-electron chi connectivity index (χ4n) is 3.08. The third-order valence-electron chi connectivity index (χ3n) is 4.28. The summed E-state index contributed by atoms with van der Waals surface area (Å²) >= 11 is 6.19. The molecule has 26 heavy (non-hydrogen) atoms. The first kappa shape index (κ1) is 16.4. The predicted molar refractivity (Wildman–Crippen MR) is 101 cm³/mol. The molecule has 1 aliphatic rings. The summed E-state index contributed by atoms with van der Waals surface area (Å²) in [6, 6.07) is 16.5. The first-order valence-corrected chi connectivity index (χ1v) is 8.51. The summed E-state index contributed by atoms with van der Waals surface area (Å²) in [5.74, 6) is 0.365. The van der Waals surface area contributed by atoms with Gasteiger partial charge >= 0.3 is 0 Å². The van der Waals surface area contributed by atoms with Gasteiger partial charge in [0.05, 0.1) is 16.3 Å². The summed E-state index contributed by atoms with van der Waals surface area (Å²) in [7, 11) is 0. The summed E-state index contributed by atoms with van der Waals surface area (Å²) in [6.45, 7) is 1.86. The molecule has 1 aliphatic heterocycles. The number of carbonyl (C=O) groups is 1. The molecule has 0 aliphatic carbocycles. The van der Waals surface area contributed by atoms with Crippen LogP contribution < -0.4 is 10.6 Å². The molecule has 130 valence electrons. The molecule has 0 spiro atoms. The number of anilines is 2. The molecule has 1 amide bonds. The van der Waals surface area contributed by atoms with E-state index in [1.165, 1.54) is 6.33 Å². The lowest BCUT2D eigenvalue weighted by molar-refractivity contribution is -0.113. The summed E-state index contributed by atoms with van der Waals surface area (Å²) in [6.07, 6.45) is 1.47. The maximum Gasteiger partial charge on any atom is 0.255 e. The van der Waals surface area contributed by atoms with Gasteiger partial charge in [-0.15, -0.1) is 0 Å². The number of para-hydroxylation sites is 1.